The van der Waals surface area contributed by atoms with Crippen LogP contribution >= 0.6 is 15.9 Å². The Kier molecular flexibility index (Phi) is 6.85. The fourth-order valence-corrected chi connectivity index (χ4v) is 7.07. The quantitative estimate of drug-likeness (QED) is 0.187. The van der Waals surface area contributed by atoms with Crippen molar-refractivity contribution in [1.82, 2.24) is 10.9 Å². The number of halogens is 1. The van der Waals surface area contributed by atoms with E-state index in [0.717, 1.165) is 31.6 Å². The van der Waals surface area contributed by atoms with E-state index in [-0.39, 0.29) is 34.9 Å². The van der Waals surface area contributed by atoms with Crippen LogP contribution in [-0.4, -0.2) is 36.2 Å². The summed E-state index contributed by atoms with van der Waals surface area (Å²) in [5.41, 5.74) is 9.07. The number of hydrogen-bond acceptors (Lipinski definition) is 6. The molecule has 1 heterocycles. The molecule has 44 heavy (non-hydrogen) atoms. The molecule has 2 N–H and O–H groups in total. The van der Waals surface area contributed by atoms with E-state index in [4.69, 9.17) is 4.74 Å². The highest BCUT2D eigenvalue weighted by molar-refractivity contribution is 9.10. The molecule has 9 nitrogen and oxygen atoms in total. The molecule has 4 aromatic rings. The van der Waals surface area contributed by atoms with Crippen LogP contribution in [0.1, 0.15) is 54.8 Å². The summed E-state index contributed by atoms with van der Waals surface area (Å²) >= 11 is 3.29. The van der Waals surface area contributed by atoms with Crippen LogP contribution in [0.5, 0.6) is 0 Å². The number of para-hydroxylation sites is 1. The van der Waals surface area contributed by atoms with Crippen LogP contribution in [-0.2, 0) is 19.1 Å². The van der Waals surface area contributed by atoms with E-state index < -0.39 is 36.2 Å². The Balaban J connectivity index is 1.10. The maximum absolute atomic E-state index is 14.1. The molecule has 0 radical (unpaired) electrons. The maximum atomic E-state index is 14.1. The summed E-state index contributed by atoms with van der Waals surface area (Å²) in [4.78, 5) is 67.2. The van der Waals surface area contributed by atoms with Gasteiger partial charge >= 0.3 is 5.97 Å². The molecule has 4 aromatic carbocycles. The van der Waals surface area contributed by atoms with Crippen molar-refractivity contribution in [3.05, 3.63) is 135 Å². The molecule has 4 aliphatic rings. The Hall–Kier alpha value is -5.09. The summed E-state index contributed by atoms with van der Waals surface area (Å²) in [5.74, 6) is -4.73. The number of nitrogens with zero attached hydrogens (tertiary/aromatic N) is 1. The number of anilines is 1. The smallest absolute Gasteiger partial charge is 0.340 e. The molecule has 1 saturated heterocycles. The first-order valence-electron chi connectivity index (χ1n) is 14.0. The lowest BCUT2D eigenvalue weighted by molar-refractivity contribution is -0.125. The molecule has 0 spiro atoms. The summed E-state index contributed by atoms with van der Waals surface area (Å²) in [5, 5.41) is 0. The summed E-state index contributed by atoms with van der Waals surface area (Å²) in [6, 6.07) is 28.6. The molecule has 3 aliphatic carbocycles. The van der Waals surface area contributed by atoms with Gasteiger partial charge in [-0.2, -0.15) is 0 Å². The standard InChI is InChI=1S/C34H24BrN3O6/c35-19-15-13-18(14-16-19)31(40)37-36-26(39)17-44-34(43)24-11-5-6-12-25(24)38-32(41)29-27-20-7-1-2-8-21(20)28(30(29)33(38)42)23-10-4-3-9-22(23)27/h1-16,27-30H,17H2,(H,36,39)(H,37,40)/t27?,28?,29-,30+. The molecular formula is C34H24BrN3O6. The number of hydrazine groups is 1. The van der Waals surface area contributed by atoms with E-state index in [2.05, 4.69) is 26.8 Å². The van der Waals surface area contributed by atoms with Gasteiger partial charge in [-0.1, -0.05) is 76.6 Å². The maximum Gasteiger partial charge on any atom is 0.340 e. The number of benzene rings is 4. The van der Waals surface area contributed by atoms with Gasteiger partial charge in [0.1, 0.15) is 0 Å². The van der Waals surface area contributed by atoms with Crippen molar-refractivity contribution < 1.29 is 28.7 Å². The number of carbonyl (C=O) groups excluding carboxylic acids is 5. The number of amides is 4. The average Bonchev–Trinajstić information content (AvgIpc) is 3.32. The fourth-order valence-electron chi connectivity index (χ4n) is 6.80. The van der Waals surface area contributed by atoms with Crippen molar-refractivity contribution in [2.45, 2.75) is 11.8 Å². The van der Waals surface area contributed by atoms with Gasteiger partial charge in [0, 0.05) is 21.9 Å². The summed E-state index contributed by atoms with van der Waals surface area (Å²) in [6.45, 7) is -0.699. The number of imide groups is 1. The lowest BCUT2D eigenvalue weighted by atomic mass is 9.55. The predicted octanol–water partition coefficient (Wildman–Crippen LogP) is 4.46. The van der Waals surface area contributed by atoms with Crippen LogP contribution in [0, 0.1) is 11.8 Å². The van der Waals surface area contributed by atoms with E-state index in [9.17, 15) is 24.0 Å². The number of esters is 1. The molecule has 10 heteroatoms. The summed E-state index contributed by atoms with van der Waals surface area (Å²) in [6.07, 6.45) is 0. The normalized spacial score (nSPS) is 20.8. The van der Waals surface area contributed by atoms with Crippen LogP contribution < -0.4 is 15.8 Å². The second kappa shape index (κ2) is 10.9. The van der Waals surface area contributed by atoms with E-state index in [1.807, 2.05) is 48.5 Å². The van der Waals surface area contributed by atoms with Crippen molar-refractivity contribution in [1.29, 1.82) is 0 Å². The van der Waals surface area contributed by atoms with Crippen molar-refractivity contribution in [3.8, 4) is 0 Å². The minimum absolute atomic E-state index is 0.0260. The number of nitrogens with one attached hydrogen (secondary N) is 2. The second-order valence-corrected chi connectivity index (χ2v) is 11.8. The first-order valence-corrected chi connectivity index (χ1v) is 14.8. The molecule has 2 bridgehead atoms. The van der Waals surface area contributed by atoms with Crippen LogP contribution in [0.15, 0.2) is 102 Å². The number of rotatable bonds is 5. The zero-order chi connectivity index (χ0) is 30.5. The van der Waals surface area contributed by atoms with Gasteiger partial charge in [-0.15, -0.1) is 0 Å². The monoisotopic (exact) mass is 649 g/mol. The van der Waals surface area contributed by atoms with E-state index in [1.165, 1.54) is 12.1 Å². The van der Waals surface area contributed by atoms with Gasteiger partial charge in [-0.05, 0) is 58.7 Å². The molecule has 1 fully saturated rings. The number of carbonyl (C=O) groups is 5. The molecule has 8 rings (SSSR count). The first kappa shape index (κ1) is 27.7. The van der Waals surface area contributed by atoms with E-state index in [0.29, 0.717) is 5.56 Å². The SMILES string of the molecule is O=C(COC(=O)c1ccccc1N1C(=O)[C@@H]2C3c4ccccc4C(c4ccccc43)[C@@H]2C1=O)NNC(=O)c1ccc(Br)cc1. The van der Waals surface area contributed by atoms with Crippen LogP contribution in [0.3, 0.4) is 0 Å². The Morgan fingerprint density at radius 3 is 1.73 bits per heavy atom. The number of ether oxygens (including phenoxy) is 1. The lowest BCUT2D eigenvalue weighted by Crippen LogP contribution is -2.43. The predicted molar refractivity (Wildman–Crippen MR) is 163 cm³/mol. The largest absolute Gasteiger partial charge is 0.452 e. The molecule has 218 valence electrons. The molecular weight excluding hydrogens is 626 g/mol. The average molecular weight is 650 g/mol. The lowest BCUT2D eigenvalue weighted by Gasteiger charge is -2.45. The minimum atomic E-state index is -0.889. The third-order valence-electron chi connectivity index (χ3n) is 8.57. The third kappa shape index (κ3) is 4.41. The zero-order valence-corrected chi connectivity index (χ0v) is 24.6. The van der Waals surface area contributed by atoms with Crippen LogP contribution in [0.2, 0.25) is 0 Å². The topological polar surface area (TPSA) is 122 Å². The Bertz CT molecular complexity index is 1760. The van der Waals surface area contributed by atoms with E-state index >= 15 is 0 Å². The Morgan fingerprint density at radius 1 is 0.682 bits per heavy atom. The molecule has 0 unspecified atom stereocenters. The molecule has 4 amide bonds. The van der Waals surface area contributed by atoms with Crippen molar-refractivity contribution in [2.75, 3.05) is 11.5 Å². The van der Waals surface area contributed by atoms with Gasteiger partial charge in [-0.25, -0.2) is 9.69 Å². The van der Waals surface area contributed by atoms with Crippen LogP contribution in [0.25, 0.3) is 0 Å². The second-order valence-electron chi connectivity index (χ2n) is 10.9. The number of hydrogen-bond donors (Lipinski definition) is 2. The first-order chi connectivity index (χ1) is 21.3. The Morgan fingerprint density at radius 2 is 1.18 bits per heavy atom. The molecule has 0 aromatic heterocycles. The molecule has 0 saturated carbocycles. The van der Waals surface area contributed by atoms with Gasteiger partial charge in [0.05, 0.1) is 23.1 Å². The zero-order valence-electron chi connectivity index (χ0n) is 23.0. The van der Waals surface area contributed by atoms with Gasteiger partial charge in [0.25, 0.3) is 11.8 Å². The van der Waals surface area contributed by atoms with Gasteiger partial charge in [0.15, 0.2) is 6.61 Å². The highest BCUT2D eigenvalue weighted by Gasteiger charge is 2.62. The van der Waals surface area contributed by atoms with Gasteiger partial charge in [-0.3, -0.25) is 30.0 Å². The fraction of sp³-hybridized carbons (Fsp3) is 0.147. The summed E-state index contributed by atoms with van der Waals surface area (Å²) < 4.78 is 6.03. The summed E-state index contributed by atoms with van der Waals surface area (Å²) in [7, 11) is 0. The van der Waals surface area contributed by atoms with E-state index in [1.54, 1.807) is 36.4 Å². The van der Waals surface area contributed by atoms with Gasteiger partial charge in [0.2, 0.25) is 11.8 Å². The van der Waals surface area contributed by atoms with Gasteiger partial charge < -0.3 is 4.74 Å². The molecule has 1 aliphatic heterocycles. The minimum Gasteiger partial charge on any atom is -0.452 e. The van der Waals surface area contributed by atoms with Crippen LogP contribution in [0.4, 0.5) is 5.69 Å². The van der Waals surface area contributed by atoms with Crippen molar-refractivity contribution in [3.63, 3.8) is 0 Å². The van der Waals surface area contributed by atoms with Crippen molar-refractivity contribution in [2.24, 2.45) is 11.8 Å². The highest BCUT2D eigenvalue weighted by atomic mass is 79.9. The molecule has 2 atom stereocenters. The third-order valence-corrected chi connectivity index (χ3v) is 9.10. The highest BCUT2D eigenvalue weighted by Crippen LogP contribution is 2.61. The van der Waals surface area contributed by atoms with Crippen molar-refractivity contribution >= 4 is 51.2 Å². The Labute approximate surface area is 260 Å².